The van der Waals surface area contributed by atoms with Gasteiger partial charge in [0, 0.05) is 10.4 Å². The van der Waals surface area contributed by atoms with Gasteiger partial charge >= 0.3 is 5.97 Å². The van der Waals surface area contributed by atoms with E-state index in [9.17, 15) is 19.6 Å². The number of nitrogens with zero attached hydrogens (tertiary/aromatic N) is 1. The molecule has 0 fully saturated rings. The Bertz CT molecular complexity index is 1020. The minimum atomic E-state index is -0.714. The van der Waals surface area contributed by atoms with Crippen molar-refractivity contribution in [3.8, 4) is 6.07 Å². The Labute approximate surface area is 179 Å². The lowest BCUT2D eigenvalue weighted by molar-refractivity contribution is -0.146. The first-order valence-electron chi connectivity index (χ1n) is 9.74. The van der Waals surface area contributed by atoms with Crippen LogP contribution >= 0.6 is 11.3 Å². The molecule has 2 N–H and O–H groups in total. The van der Waals surface area contributed by atoms with Gasteiger partial charge in [-0.2, -0.15) is 5.26 Å². The van der Waals surface area contributed by atoms with Crippen molar-refractivity contribution >= 4 is 34.1 Å². The second kappa shape index (κ2) is 9.55. The van der Waals surface area contributed by atoms with Crippen LogP contribution in [0.25, 0.3) is 0 Å². The zero-order chi connectivity index (χ0) is 21.7. The van der Waals surface area contributed by atoms with E-state index in [1.54, 1.807) is 12.1 Å². The van der Waals surface area contributed by atoms with Crippen LogP contribution in [0.1, 0.15) is 50.3 Å². The molecule has 156 valence electrons. The zero-order valence-corrected chi connectivity index (χ0v) is 17.8. The van der Waals surface area contributed by atoms with E-state index < -0.39 is 18.5 Å². The number of amides is 2. The Morgan fingerprint density at radius 1 is 1.13 bits per heavy atom. The standard InChI is InChI=1S/C22H23N3O4S/c1-13-7-14(2)9-15(8-13)21(28)24-11-20(27)29-12-19(26)25-22-17(10-23)16-5-3-4-6-18(16)30-22/h7-9H,3-6,11-12H2,1-2H3,(H,24,28)(H,25,26). The van der Waals surface area contributed by atoms with Gasteiger partial charge in [0.2, 0.25) is 0 Å². The fourth-order valence-corrected chi connectivity index (χ4v) is 4.75. The van der Waals surface area contributed by atoms with Crippen LogP contribution < -0.4 is 10.6 Å². The highest BCUT2D eigenvalue weighted by Gasteiger charge is 2.22. The fraction of sp³-hybridized carbons (Fsp3) is 0.364. The summed E-state index contributed by atoms with van der Waals surface area (Å²) >= 11 is 1.41. The average molecular weight is 426 g/mol. The van der Waals surface area contributed by atoms with Crippen molar-refractivity contribution in [3.63, 3.8) is 0 Å². The monoisotopic (exact) mass is 425 g/mol. The molecule has 0 unspecified atom stereocenters. The van der Waals surface area contributed by atoms with Gasteiger partial charge < -0.3 is 15.4 Å². The molecule has 0 atom stereocenters. The summed E-state index contributed by atoms with van der Waals surface area (Å²) in [6.45, 7) is 2.96. The number of hydrogen-bond donors (Lipinski definition) is 2. The highest BCUT2D eigenvalue weighted by atomic mass is 32.1. The molecule has 1 aliphatic carbocycles. The fourth-order valence-electron chi connectivity index (χ4n) is 3.49. The summed E-state index contributed by atoms with van der Waals surface area (Å²) in [7, 11) is 0. The van der Waals surface area contributed by atoms with E-state index in [2.05, 4.69) is 16.7 Å². The smallest absolute Gasteiger partial charge is 0.325 e. The summed E-state index contributed by atoms with van der Waals surface area (Å²) in [5.74, 6) is -1.61. The summed E-state index contributed by atoms with van der Waals surface area (Å²) < 4.78 is 4.94. The minimum Gasteiger partial charge on any atom is -0.454 e. The van der Waals surface area contributed by atoms with Gasteiger partial charge in [0.1, 0.15) is 17.6 Å². The van der Waals surface area contributed by atoms with Crippen LogP contribution in [0.5, 0.6) is 0 Å². The van der Waals surface area contributed by atoms with Crippen LogP contribution in [0.2, 0.25) is 0 Å². The maximum Gasteiger partial charge on any atom is 0.325 e. The molecule has 0 saturated heterocycles. The van der Waals surface area contributed by atoms with Crippen molar-refractivity contribution in [1.82, 2.24) is 5.32 Å². The van der Waals surface area contributed by atoms with E-state index in [1.165, 1.54) is 11.3 Å². The normalized spacial score (nSPS) is 12.4. The number of anilines is 1. The molecule has 2 aromatic rings. The summed E-state index contributed by atoms with van der Waals surface area (Å²) in [5.41, 5.74) is 3.90. The van der Waals surface area contributed by atoms with Gasteiger partial charge in [-0.25, -0.2) is 0 Å². The maximum absolute atomic E-state index is 12.2. The molecule has 1 aliphatic rings. The van der Waals surface area contributed by atoms with Gasteiger partial charge in [-0.1, -0.05) is 17.2 Å². The number of ether oxygens (including phenoxy) is 1. The number of carbonyl (C=O) groups excluding carboxylic acids is 3. The van der Waals surface area contributed by atoms with E-state index in [0.29, 0.717) is 16.1 Å². The first kappa shape index (κ1) is 21.5. The summed E-state index contributed by atoms with van der Waals surface area (Å²) in [5, 5.41) is 15.1. The Balaban J connectivity index is 1.48. The lowest BCUT2D eigenvalue weighted by Gasteiger charge is -2.09. The van der Waals surface area contributed by atoms with Crippen LogP contribution in [0, 0.1) is 25.2 Å². The van der Waals surface area contributed by atoms with Gasteiger partial charge in [0.15, 0.2) is 6.61 Å². The third-order valence-corrected chi connectivity index (χ3v) is 5.98. The Morgan fingerprint density at radius 2 is 1.83 bits per heavy atom. The number of carbonyl (C=O) groups is 3. The number of nitriles is 1. The first-order valence-corrected chi connectivity index (χ1v) is 10.6. The Hall–Kier alpha value is -3.18. The Kier molecular flexibility index (Phi) is 6.85. The summed E-state index contributed by atoms with van der Waals surface area (Å²) in [6, 6.07) is 7.58. The van der Waals surface area contributed by atoms with Crippen LogP contribution in [-0.4, -0.2) is 30.9 Å². The first-order chi connectivity index (χ1) is 14.4. The van der Waals surface area contributed by atoms with Gasteiger partial charge in [-0.05, 0) is 57.2 Å². The molecule has 1 aromatic carbocycles. The van der Waals surface area contributed by atoms with Gasteiger partial charge in [-0.3, -0.25) is 14.4 Å². The van der Waals surface area contributed by atoms with Crippen molar-refractivity contribution in [1.29, 1.82) is 5.26 Å². The maximum atomic E-state index is 12.2. The number of hydrogen-bond acceptors (Lipinski definition) is 6. The zero-order valence-electron chi connectivity index (χ0n) is 17.0. The highest BCUT2D eigenvalue weighted by molar-refractivity contribution is 7.16. The molecule has 8 heteroatoms. The van der Waals surface area contributed by atoms with Crippen molar-refractivity contribution in [2.75, 3.05) is 18.5 Å². The quantitative estimate of drug-likeness (QED) is 0.692. The van der Waals surface area contributed by atoms with Crippen LogP contribution in [0.4, 0.5) is 5.00 Å². The van der Waals surface area contributed by atoms with Crippen molar-refractivity contribution in [3.05, 3.63) is 50.9 Å². The van der Waals surface area contributed by atoms with Crippen LogP contribution in [-0.2, 0) is 27.2 Å². The highest BCUT2D eigenvalue weighted by Crippen LogP contribution is 2.37. The van der Waals surface area contributed by atoms with Crippen molar-refractivity contribution in [2.24, 2.45) is 0 Å². The van der Waals surface area contributed by atoms with Gasteiger partial charge in [0.05, 0.1) is 5.56 Å². The Morgan fingerprint density at radius 3 is 2.53 bits per heavy atom. The van der Waals surface area contributed by atoms with E-state index in [-0.39, 0.29) is 12.5 Å². The lowest BCUT2D eigenvalue weighted by Crippen LogP contribution is -2.32. The molecule has 0 aliphatic heterocycles. The largest absolute Gasteiger partial charge is 0.454 e. The number of rotatable bonds is 6. The SMILES string of the molecule is Cc1cc(C)cc(C(=O)NCC(=O)OCC(=O)Nc2sc3c(c2C#N)CCCC3)c1. The minimum absolute atomic E-state index is 0.337. The molecule has 7 nitrogen and oxygen atoms in total. The third kappa shape index (κ3) is 5.24. The van der Waals surface area contributed by atoms with Gasteiger partial charge in [-0.15, -0.1) is 11.3 Å². The molecule has 0 spiro atoms. The molecule has 1 aromatic heterocycles. The molecule has 1 heterocycles. The number of aryl methyl sites for hydroxylation is 3. The number of esters is 1. The van der Waals surface area contributed by atoms with Crippen molar-refractivity contribution in [2.45, 2.75) is 39.5 Å². The second-order valence-corrected chi connectivity index (χ2v) is 8.40. The summed E-state index contributed by atoms with van der Waals surface area (Å²) in [4.78, 5) is 37.3. The number of fused-ring (bicyclic) bond motifs is 1. The van der Waals surface area contributed by atoms with Crippen molar-refractivity contribution < 1.29 is 19.1 Å². The molecule has 3 rings (SSSR count). The molecule has 30 heavy (non-hydrogen) atoms. The molecule has 0 bridgehead atoms. The summed E-state index contributed by atoms with van der Waals surface area (Å²) in [6.07, 6.45) is 3.88. The lowest BCUT2D eigenvalue weighted by atomic mass is 9.96. The molecule has 0 radical (unpaired) electrons. The molecular formula is C22H23N3O4S. The number of benzene rings is 1. The topological polar surface area (TPSA) is 108 Å². The molecular weight excluding hydrogens is 402 g/mol. The van der Waals surface area contributed by atoms with E-state index >= 15 is 0 Å². The van der Waals surface area contributed by atoms with Crippen LogP contribution in [0.15, 0.2) is 18.2 Å². The van der Waals surface area contributed by atoms with Crippen LogP contribution in [0.3, 0.4) is 0 Å². The van der Waals surface area contributed by atoms with E-state index in [1.807, 2.05) is 19.9 Å². The molecule has 0 saturated carbocycles. The second-order valence-electron chi connectivity index (χ2n) is 7.29. The molecule has 2 amide bonds. The predicted octanol–water partition coefficient (Wildman–Crippen LogP) is 3.03. The number of thiophene rings is 1. The van der Waals surface area contributed by atoms with E-state index in [0.717, 1.165) is 47.3 Å². The van der Waals surface area contributed by atoms with Gasteiger partial charge in [0.25, 0.3) is 11.8 Å². The van der Waals surface area contributed by atoms with E-state index in [4.69, 9.17) is 4.74 Å². The average Bonchev–Trinajstić information content (AvgIpc) is 3.06. The number of nitrogens with one attached hydrogen (secondary N) is 2. The predicted molar refractivity (Wildman–Crippen MR) is 114 cm³/mol. The third-order valence-electron chi connectivity index (χ3n) is 4.78.